The summed E-state index contributed by atoms with van der Waals surface area (Å²) in [4.78, 5) is 0. The molecule has 0 aromatic carbocycles. The van der Waals surface area contributed by atoms with Gasteiger partial charge >= 0.3 is 0 Å². The Labute approximate surface area is 74.8 Å². The second-order valence-corrected chi connectivity index (χ2v) is 3.97. The molecule has 1 heteroatoms. The summed E-state index contributed by atoms with van der Waals surface area (Å²) in [6, 6.07) is 2.41. The summed E-state index contributed by atoms with van der Waals surface area (Å²) in [5.74, 6) is 3.30. The maximum Gasteiger partial charge on any atom is 0.0699 e. The number of hydrogen-bond acceptors (Lipinski definition) is 1. The molecule has 0 amide bonds. The molecule has 0 radical (unpaired) electrons. The summed E-state index contributed by atoms with van der Waals surface area (Å²) in [5.41, 5.74) is -0.188. The van der Waals surface area contributed by atoms with E-state index in [1.807, 2.05) is 0 Å². The van der Waals surface area contributed by atoms with Crippen molar-refractivity contribution in [2.45, 2.75) is 39.0 Å². The third-order valence-corrected chi connectivity index (χ3v) is 2.77. The molecule has 1 rings (SSSR count). The van der Waals surface area contributed by atoms with E-state index in [-0.39, 0.29) is 5.41 Å². The molecule has 0 bridgehead atoms. The SMILES string of the molecule is C#CCC1(C#N)CCCC(C)C1. The van der Waals surface area contributed by atoms with Gasteiger partial charge in [0, 0.05) is 6.42 Å². The van der Waals surface area contributed by atoms with Crippen LogP contribution in [0.15, 0.2) is 0 Å². The lowest BCUT2D eigenvalue weighted by atomic mass is 9.69. The highest BCUT2D eigenvalue weighted by Crippen LogP contribution is 2.40. The van der Waals surface area contributed by atoms with Crippen LogP contribution in [-0.2, 0) is 0 Å². The first-order chi connectivity index (χ1) is 5.72. The molecule has 1 aliphatic carbocycles. The Morgan fingerprint density at radius 2 is 2.42 bits per heavy atom. The maximum atomic E-state index is 9.04. The molecule has 64 valence electrons. The molecule has 1 fully saturated rings. The molecule has 0 spiro atoms. The van der Waals surface area contributed by atoms with E-state index in [2.05, 4.69) is 18.9 Å². The molecule has 1 aliphatic rings. The van der Waals surface area contributed by atoms with Crippen molar-refractivity contribution in [3.63, 3.8) is 0 Å². The fraction of sp³-hybridized carbons (Fsp3) is 0.727. The second kappa shape index (κ2) is 3.63. The molecular weight excluding hydrogens is 146 g/mol. The lowest BCUT2D eigenvalue weighted by molar-refractivity contribution is 0.216. The van der Waals surface area contributed by atoms with Gasteiger partial charge in [0.1, 0.15) is 0 Å². The van der Waals surface area contributed by atoms with Crippen LogP contribution in [0.4, 0.5) is 0 Å². The van der Waals surface area contributed by atoms with Gasteiger partial charge < -0.3 is 0 Å². The van der Waals surface area contributed by atoms with Crippen molar-refractivity contribution in [2.75, 3.05) is 0 Å². The standard InChI is InChI=1S/C11H15N/c1-3-6-11(9-12)7-4-5-10(2)8-11/h1,10H,4-8H2,2H3. The van der Waals surface area contributed by atoms with Crippen LogP contribution in [0.2, 0.25) is 0 Å². The Balaban J connectivity index is 2.67. The van der Waals surface area contributed by atoms with Gasteiger partial charge in [-0.15, -0.1) is 12.3 Å². The normalized spacial score (nSPS) is 35.1. The smallest absolute Gasteiger partial charge is 0.0699 e. The summed E-state index contributed by atoms with van der Waals surface area (Å²) >= 11 is 0. The monoisotopic (exact) mass is 161 g/mol. The average Bonchev–Trinajstić information content (AvgIpc) is 2.05. The zero-order valence-corrected chi connectivity index (χ0v) is 7.64. The second-order valence-electron chi connectivity index (χ2n) is 3.97. The molecule has 1 nitrogen and oxygen atoms in total. The maximum absolute atomic E-state index is 9.04. The predicted molar refractivity (Wildman–Crippen MR) is 49.1 cm³/mol. The lowest BCUT2D eigenvalue weighted by Crippen LogP contribution is -2.25. The largest absolute Gasteiger partial charge is 0.198 e. The minimum absolute atomic E-state index is 0.188. The van der Waals surface area contributed by atoms with Crippen LogP contribution in [0, 0.1) is 35.0 Å². The Kier molecular flexibility index (Phi) is 2.77. The van der Waals surface area contributed by atoms with E-state index in [1.165, 1.54) is 6.42 Å². The minimum atomic E-state index is -0.188. The van der Waals surface area contributed by atoms with E-state index in [0.29, 0.717) is 12.3 Å². The van der Waals surface area contributed by atoms with Crippen molar-refractivity contribution in [1.82, 2.24) is 0 Å². The lowest BCUT2D eigenvalue weighted by Gasteiger charge is -2.32. The fourth-order valence-corrected chi connectivity index (χ4v) is 2.16. The van der Waals surface area contributed by atoms with Crippen molar-refractivity contribution in [3.05, 3.63) is 0 Å². The van der Waals surface area contributed by atoms with E-state index in [0.717, 1.165) is 19.3 Å². The minimum Gasteiger partial charge on any atom is -0.198 e. The van der Waals surface area contributed by atoms with Gasteiger partial charge in [-0.3, -0.25) is 0 Å². The van der Waals surface area contributed by atoms with E-state index < -0.39 is 0 Å². The highest BCUT2D eigenvalue weighted by atomic mass is 14.4. The number of hydrogen-bond donors (Lipinski definition) is 0. The summed E-state index contributed by atoms with van der Waals surface area (Å²) in [7, 11) is 0. The van der Waals surface area contributed by atoms with Crippen LogP contribution < -0.4 is 0 Å². The molecule has 0 saturated heterocycles. The third-order valence-electron chi connectivity index (χ3n) is 2.77. The number of rotatable bonds is 1. The van der Waals surface area contributed by atoms with Crippen LogP contribution in [0.5, 0.6) is 0 Å². The van der Waals surface area contributed by atoms with E-state index in [4.69, 9.17) is 11.7 Å². The Hall–Kier alpha value is -0.950. The van der Waals surface area contributed by atoms with Gasteiger partial charge in [0.05, 0.1) is 11.5 Å². The van der Waals surface area contributed by atoms with E-state index >= 15 is 0 Å². The zero-order chi connectivity index (χ0) is 9.03. The predicted octanol–water partition coefficient (Wildman–Crippen LogP) is 2.73. The molecule has 0 heterocycles. The van der Waals surface area contributed by atoms with Crippen LogP contribution in [0.1, 0.15) is 39.0 Å². The fourth-order valence-electron chi connectivity index (χ4n) is 2.16. The average molecular weight is 161 g/mol. The molecule has 2 atom stereocenters. The molecule has 1 saturated carbocycles. The quantitative estimate of drug-likeness (QED) is 0.542. The van der Waals surface area contributed by atoms with Crippen molar-refractivity contribution in [2.24, 2.45) is 11.3 Å². The van der Waals surface area contributed by atoms with Gasteiger partial charge in [-0.25, -0.2) is 0 Å². The molecule has 12 heavy (non-hydrogen) atoms. The van der Waals surface area contributed by atoms with Crippen molar-refractivity contribution in [1.29, 1.82) is 5.26 Å². The highest BCUT2D eigenvalue weighted by molar-refractivity contribution is 5.08. The summed E-state index contributed by atoms with van der Waals surface area (Å²) in [6.45, 7) is 2.21. The topological polar surface area (TPSA) is 23.8 Å². The molecule has 0 aliphatic heterocycles. The highest BCUT2D eigenvalue weighted by Gasteiger charge is 2.34. The summed E-state index contributed by atoms with van der Waals surface area (Å²) in [5, 5.41) is 9.04. The molecular formula is C11H15N. The van der Waals surface area contributed by atoms with Crippen molar-refractivity contribution >= 4 is 0 Å². The number of nitriles is 1. The van der Waals surface area contributed by atoms with Crippen molar-refractivity contribution in [3.8, 4) is 18.4 Å². The van der Waals surface area contributed by atoms with Gasteiger partial charge in [-0.05, 0) is 18.8 Å². The van der Waals surface area contributed by atoms with Gasteiger partial charge in [0.15, 0.2) is 0 Å². The van der Waals surface area contributed by atoms with Gasteiger partial charge in [0.2, 0.25) is 0 Å². The first-order valence-corrected chi connectivity index (χ1v) is 4.57. The van der Waals surface area contributed by atoms with E-state index in [1.54, 1.807) is 0 Å². The number of terminal acetylenes is 1. The third kappa shape index (κ3) is 1.80. The molecule has 0 N–H and O–H groups in total. The molecule has 2 unspecified atom stereocenters. The first-order valence-electron chi connectivity index (χ1n) is 4.57. The molecule has 0 aromatic heterocycles. The van der Waals surface area contributed by atoms with Gasteiger partial charge in [-0.1, -0.05) is 19.8 Å². The Morgan fingerprint density at radius 3 is 2.92 bits per heavy atom. The number of nitrogens with zero attached hydrogens (tertiary/aromatic N) is 1. The first kappa shape index (κ1) is 9.14. The van der Waals surface area contributed by atoms with Crippen LogP contribution >= 0.6 is 0 Å². The van der Waals surface area contributed by atoms with Gasteiger partial charge in [0.25, 0.3) is 0 Å². The summed E-state index contributed by atoms with van der Waals surface area (Å²) in [6.07, 6.45) is 10.3. The Morgan fingerprint density at radius 1 is 1.67 bits per heavy atom. The zero-order valence-electron chi connectivity index (χ0n) is 7.64. The molecule has 0 aromatic rings. The van der Waals surface area contributed by atoms with Crippen LogP contribution in [-0.4, -0.2) is 0 Å². The van der Waals surface area contributed by atoms with Crippen LogP contribution in [0.25, 0.3) is 0 Å². The van der Waals surface area contributed by atoms with Crippen molar-refractivity contribution < 1.29 is 0 Å². The van der Waals surface area contributed by atoms with Gasteiger partial charge in [-0.2, -0.15) is 5.26 Å². The Bertz CT molecular complexity index is 230. The van der Waals surface area contributed by atoms with Crippen LogP contribution in [0.3, 0.4) is 0 Å². The van der Waals surface area contributed by atoms with E-state index in [9.17, 15) is 0 Å². The summed E-state index contributed by atoms with van der Waals surface area (Å²) < 4.78 is 0.